The zero-order valence-electron chi connectivity index (χ0n) is 11.6. The number of benzene rings is 1. The first-order valence-corrected chi connectivity index (χ1v) is 7.69. The Morgan fingerprint density at radius 2 is 2.00 bits per heavy atom. The smallest absolute Gasteiger partial charge is 0.191 e. The van der Waals surface area contributed by atoms with Crippen molar-refractivity contribution in [3.63, 3.8) is 0 Å². The van der Waals surface area contributed by atoms with E-state index in [1.165, 1.54) is 6.07 Å². The van der Waals surface area contributed by atoms with E-state index in [1.807, 2.05) is 12.1 Å². The SMILES string of the molecule is CCCNC(=NC)NCCSCc1ccccc1F. The van der Waals surface area contributed by atoms with E-state index in [4.69, 9.17) is 0 Å². The Bertz CT molecular complexity index is 396. The molecule has 0 aliphatic rings. The van der Waals surface area contributed by atoms with Crippen LogP contribution in [0.2, 0.25) is 0 Å². The van der Waals surface area contributed by atoms with Crippen molar-refractivity contribution in [2.75, 3.05) is 25.9 Å². The predicted molar refractivity (Wildman–Crippen MR) is 82.2 cm³/mol. The molecule has 0 spiro atoms. The monoisotopic (exact) mass is 283 g/mol. The van der Waals surface area contributed by atoms with Crippen molar-refractivity contribution in [1.82, 2.24) is 10.6 Å². The van der Waals surface area contributed by atoms with Crippen molar-refractivity contribution in [3.8, 4) is 0 Å². The van der Waals surface area contributed by atoms with Gasteiger partial charge in [0.25, 0.3) is 0 Å². The third kappa shape index (κ3) is 6.47. The zero-order valence-corrected chi connectivity index (χ0v) is 12.4. The minimum atomic E-state index is -0.122. The van der Waals surface area contributed by atoms with Gasteiger partial charge in [0.15, 0.2) is 5.96 Å². The molecule has 5 heteroatoms. The highest BCUT2D eigenvalue weighted by molar-refractivity contribution is 7.98. The van der Waals surface area contributed by atoms with Gasteiger partial charge in [0.2, 0.25) is 0 Å². The second kappa shape index (κ2) is 9.67. The number of nitrogens with one attached hydrogen (secondary N) is 2. The molecule has 1 aromatic rings. The zero-order chi connectivity index (χ0) is 13.9. The molecule has 0 saturated heterocycles. The van der Waals surface area contributed by atoms with Crippen molar-refractivity contribution in [2.45, 2.75) is 19.1 Å². The number of guanidine groups is 1. The number of rotatable bonds is 7. The Morgan fingerprint density at radius 3 is 2.68 bits per heavy atom. The third-order valence-corrected chi connectivity index (χ3v) is 3.53. The first-order valence-electron chi connectivity index (χ1n) is 6.53. The molecule has 1 aromatic carbocycles. The summed E-state index contributed by atoms with van der Waals surface area (Å²) < 4.78 is 13.4. The summed E-state index contributed by atoms with van der Waals surface area (Å²) in [6.07, 6.45) is 1.07. The number of aliphatic imine (C=N–C) groups is 1. The number of halogens is 1. The van der Waals surface area contributed by atoms with Crippen molar-refractivity contribution < 1.29 is 4.39 Å². The van der Waals surface area contributed by atoms with Gasteiger partial charge in [-0.25, -0.2) is 4.39 Å². The maximum Gasteiger partial charge on any atom is 0.191 e. The molecule has 0 unspecified atom stereocenters. The molecule has 19 heavy (non-hydrogen) atoms. The van der Waals surface area contributed by atoms with Crippen LogP contribution in [0.15, 0.2) is 29.3 Å². The lowest BCUT2D eigenvalue weighted by atomic mass is 10.2. The van der Waals surface area contributed by atoms with Gasteiger partial charge in [-0.1, -0.05) is 25.1 Å². The van der Waals surface area contributed by atoms with Crippen LogP contribution in [0.25, 0.3) is 0 Å². The molecule has 106 valence electrons. The highest BCUT2D eigenvalue weighted by Crippen LogP contribution is 2.14. The minimum absolute atomic E-state index is 0.122. The van der Waals surface area contributed by atoms with E-state index in [-0.39, 0.29) is 5.82 Å². The Morgan fingerprint density at radius 1 is 1.26 bits per heavy atom. The molecular weight excluding hydrogens is 261 g/mol. The van der Waals surface area contributed by atoms with E-state index in [2.05, 4.69) is 22.5 Å². The lowest BCUT2D eigenvalue weighted by molar-refractivity contribution is 0.617. The van der Waals surface area contributed by atoms with E-state index in [1.54, 1.807) is 24.9 Å². The maximum absolute atomic E-state index is 13.4. The molecular formula is C14H22FN3S. The fourth-order valence-corrected chi connectivity index (χ4v) is 2.35. The fourth-order valence-electron chi connectivity index (χ4n) is 1.50. The summed E-state index contributed by atoms with van der Waals surface area (Å²) in [5.74, 6) is 2.33. The molecule has 1 rings (SSSR count). The normalized spacial score (nSPS) is 11.4. The summed E-state index contributed by atoms with van der Waals surface area (Å²) in [5.41, 5.74) is 0.765. The molecule has 0 bridgehead atoms. The fraction of sp³-hybridized carbons (Fsp3) is 0.500. The molecule has 0 aliphatic carbocycles. The Kier molecular flexibility index (Phi) is 8.05. The van der Waals surface area contributed by atoms with Crippen LogP contribution >= 0.6 is 11.8 Å². The second-order valence-electron chi connectivity index (χ2n) is 4.07. The molecule has 0 heterocycles. The van der Waals surface area contributed by atoms with Crippen molar-refractivity contribution in [3.05, 3.63) is 35.6 Å². The van der Waals surface area contributed by atoms with Gasteiger partial charge in [-0.2, -0.15) is 11.8 Å². The highest BCUT2D eigenvalue weighted by Gasteiger charge is 2.00. The second-order valence-corrected chi connectivity index (χ2v) is 5.17. The summed E-state index contributed by atoms with van der Waals surface area (Å²) >= 11 is 1.71. The molecule has 2 N–H and O–H groups in total. The van der Waals surface area contributed by atoms with Gasteiger partial charge in [-0.05, 0) is 18.1 Å². The van der Waals surface area contributed by atoms with Gasteiger partial charge >= 0.3 is 0 Å². The van der Waals surface area contributed by atoms with E-state index in [9.17, 15) is 4.39 Å². The Hall–Kier alpha value is -1.23. The standard InChI is InChI=1S/C14H22FN3S/c1-3-8-17-14(16-2)18-9-10-19-11-12-6-4-5-7-13(12)15/h4-7H,3,8-11H2,1-2H3,(H2,16,17,18). The van der Waals surface area contributed by atoms with Gasteiger partial charge in [-0.15, -0.1) is 0 Å². The van der Waals surface area contributed by atoms with Crippen LogP contribution in [-0.2, 0) is 5.75 Å². The summed E-state index contributed by atoms with van der Waals surface area (Å²) in [5, 5.41) is 6.44. The molecule has 0 atom stereocenters. The quantitative estimate of drug-likeness (QED) is 0.459. The summed E-state index contributed by atoms with van der Waals surface area (Å²) in [6.45, 7) is 3.86. The first kappa shape index (κ1) is 15.8. The Labute approximate surface area is 119 Å². The van der Waals surface area contributed by atoms with E-state index >= 15 is 0 Å². The first-order chi connectivity index (χ1) is 9.27. The van der Waals surface area contributed by atoms with Crippen LogP contribution in [0.4, 0.5) is 4.39 Å². The van der Waals surface area contributed by atoms with Gasteiger partial charge in [0.1, 0.15) is 5.82 Å². The average Bonchev–Trinajstić information content (AvgIpc) is 2.43. The predicted octanol–water partition coefficient (Wildman–Crippen LogP) is 2.63. The van der Waals surface area contributed by atoms with Gasteiger partial charge in [-0.3, -0.25) is 4.99 Å². The average molecular weight is 283 g/mol. The number of hydrogen-bond acceptors (Lipinski definition) is 2. The molecule has 0 saturated carbocycles. The van der Waals surface area contributed by atoms with Crippen LogP contribution in [-0.4, -0.2) is 31.8 Å². The van der Waals surface area contributed by atoms with Gasteiger partial charge in [0, 0.05) is 31.6 Å². The van der Waals surface area contributed by atoms with E-state index in [0.29, 0.717) is 5.75 Å². The topological polar surface area (TPSA) is 36.4 Å². The summed E-state index contributed by atoms with van der Waals surface area (Å²) in [7, 11) is 1.76. The van der Waals surface area contributed by atoms with Crippen LogP contribution in [0.3, 0.4) is 0 Å². The van der Waals surface area contributed by atoms with Gasteiger partial charge < -0.3 is 10.6 Å². The lowest BCUT2D eigenvalue weighted by Crippen LogP contribution is -2.38. The van der Waals surface area contributed by atoms with Crippen molar-refractivity contribution in [2.24, 2.45) is 4.99 Å². The van der Waals surface area contributed by atoms with Crippen molar-refractivity contribution >= 4 is 17.7 Å². The van der Waals surface area contributed by atoms with Crippen LogP contribution in [0.5, 0.6) is 0 Å². The van der Waals surface area contributed by atoms with Crippen LogP contribution < -0.4 is 10.6 Å². The van der Waals surface area contributed by atoms with Crippen LogP contribution in [0, 0.1) is 5.82 Å². The van der Waals surface area contributed by atoms with E-state index in [0.717, 1.165) is 36.8 Å². The maximum atomic E-state index is 13.4. The van der Waals surface area contributed by atoms with E-state index < -0.39 is 0 Å². The number of hydrogen-bond donors (Lipinski definition) is 2. The highest BCUT2D eigenvalue weighted by atomic mass is 32.2. The van der Waals surface area contributed by atoms with Crippen molar-refractivity contribution in [1.29, 1.82) is 0 Å². The van der Waals surface area contributed by atoms with Gasteiger partial charge in [0.05, 0.1) is 0 Å². The third-order valence-electron chi connectivity index (χ3n) is 2.52. The van der Waals surface area contributed by atoms with Crippen LogP contribution in [0.1, 0.15) is 18.9 Å². The molecule has 0 aromatic heterocycles. The molecule has 0 amide bonds. The number of thioether (sulfide) groups is 1. The largest absolute Gasteiger partial charge is 0.356 e. The summed E-state index contributed by atoms with van der Waals surface area (Å²) in [6, 6.07) is 6.92. The minimum Gasteiger partial charge on any atom is -0.356 e. The molecule has 0 fully saturated rings. The molecule has 0 aliphatic heterocycles. The number of nitrogens with zero attached hydrogens (tertiary/aromatic N) is 1. The molecule has 3 nitrogen and oxygen atoms in total. The lowest BCUT2D eigenvalue weighted by Gasteiger charge is -2.10. The Balaban J connectivity index is 2.16. The summed E-state index contributed by atoms with van der Waals surface area (Å²) in [4.78, 5) is 4.12. The molecule has 0 radical (unpaired) electrons.